The number of hydrogen-bond donors (Lipinski definition) is 2. The van der Waals surface area contributed by atoms with Gasteiger partial charge in [-0.25, -0.2) is 8.42 Å². The Hall–Kier alpha value is -1.55. The molecule has 2 N–H and O–H groups in total. The number of hydrogen-bond acceptors (Lipinski definition) is 4. The van der Waals surface area contributed by atoms with Gasteiger partial charge in [0.25, 0.3) is 0 Å². The molecule has 0 radical (unpaired) electrons. The Morgan fingerprint density at radius 2 is 2.05 bits per heavy atom. The topological polar surface area (TPSA) is 75.6 Å². The van der Waals surface area contributed by atoms with Crippen LogP contribution < -0.4 is 4.72 Å². The van der Waals surface area contributed by atoms with E-state index in [1.165, 1.54) is 0 Å². The van der Waals surface area contributed by atoms with Crippen molar-refractivity contribution < 1.29 is 18.3 Å². The predicted octanol–water partition coefficient (Wildman–Crippen LogP) is 1.51. The van der Waals surface area contributed by atoms with E-state index in [0.717, 1.165) is 5.56 Å². The molecular formula is C15H21NO4S. The van der Waals surface area contributed by atoms with E-state index in [-0.39, 0.29) is 25.1 Å². The molecule has 6 heteroatoms. The number of aliphatic hydroxyl groups excluding tert-OH is 1. The summed E-state index contributed by atoms with van der Waals surface area (Å²) in [5, 5.41) is 8.70. The lowest BCUT2D eigenvalue weighted by atomic mass is 10.1. The minimum atomic E-state index is -3.46. The Bertz CT molecular complexity index is 627. The second-order valence-corrected chi connectivity index (χ2v) is 6.73. The first-order valence-electron chi connectivity index (χ1n) is 6.66. The lowest BCUT2D eigenvalue weighted by Gasteiger charge is -2.11. The van der Waals surface area contributed by atoms with Gasteiger partial charge < -0.3 is 9.84 Å². The molecule has 0 unspecified atom stereocenters. The number of nitrogens with one attached hydrogen (secondary N) is 1. The van der Waals surface area contributed by atoms with Crippen LogP contribution in [0.15, 0.2) is 18.2 Å². The standard InChI is InChI=1S/C15H21NO4S/c1-12(2)20-7-8-21(18,19)16-15-10-13(3)9-14(11-15)5-4-6-17/h9-12,16-17H,6-8H2,1-3H3. The quantitative estimate of drug-likeness (QED) is 0.781. The fraction of sp³-hybridized carbons (Fsp3) is 0.467. The van der Waals surface area contributed by atoms with Crippen LogP contribution in [0.4, 0.5) is 5.69 Å². The van der Waals surface area contributed by atoms with E-state index >= 15 is 0 Å². The summed E-state index contributed by atoms with van der Waals surface area (Å²) in [5.74, 6) is 5.20. The van der Waals surface area contributed by atoms with Crippen molar-refractivity contribution in [2.75, 3.05) is 23.7 Å². The maximum absolute atomic E-state index is 12.0. The van der Waals surface area contributed by atoms with Gasteiger partial charge in [-0.2, -0.15) is 0 Å². The zero-order chi connectivity index (χ0) is 15.9. The molecule has 0 saturated heterocycles. The average Bonchev–Trinajstić information content (AvgIpc) is 2.34. The SMILES string of the molecule is Cc1cc(C#CCO)cc(NS(=O)(=O)CCOC(C)C)c1. The van der Waals surface area contributed by atoms with Crippen LogP contribution in [0, 0.1) is 18.8 Å². The number of aryl methyl sites for hydroxylation is 1. The van der Waals surface area contributed by atoms with Gasteiger partial charge in [-0.3, -0.25) is 4.72 Å². The molecule has 0 amide bonds. The maximum Gasteiger partial charge on any atom is 0.235 e. The van der Waals surface area contributed by atoms with Crippen molar-refractivity contribution in [3.63, 3.8) is 0 Å². The summed E-state index contributed by atoms with van der Waals surface area (Å²) in [6.45, 7) is 5.47. The van der Waals surface area contributed by atoms with Crippen LogP contribution in [0.25, 0.3) is 0 Å². The Morgan fingerprint density at radius 3 is 2.67 bits per heavy atom. The minimum Gasteiger partial charge on any atom is -0.384 e. The number of aliphatic hydroxyl groups is 1. The van der Waals surface area contributed by atoms with Crippen LogP contribution in [0.5, 0.6) is 0 Å². The molecular weight excluding hydrogens is 290 g/mol. The molecule has 0 atom stereocenters. The van der Waals surface area contributed by atoms with Crippen molar-refractivity contribution in [1.29, 1.82) is 0 Å². The molecule has 21 heavy (non-hydrogen) atoms. The van der Waals surface area contributed by atoms with Crippen LogP contribution in [0.2, 0.25) is 0 Å². The third-order valence-corrected chi connectivity index (χ3v) is 3.72. The highest BCUT2D eigenvalue weighted by Gasteiger charge is 2.11. The van der Waals surface area contributed by atoms with E-state index in [1.807, 2.05) is 26.8 Å². The third kappa shape index (κ3) is 7.14. The molecule has 1 rings (SSSR count). The smallest absolute Gasteiger partial charge is 0.235 e. The van der Waals surface area contributed by atoms with E-state index in [1.54, 1.807) is 12.1 Å². The predicted molar refractivity (Wildman–Crippen MR) is 83.6 cm³/mol. The van der Waals surface area contributed by atoms with Gasteiger partial charge in [0.1, 0.15) is 6.61 Å². The summed E-state index contributed by atoms with van der Waals surface area (Å²) in [6, 6.07) is 5.18. The lowest BCUT2D eigenvalue weighted by Crippen LogP contribution is -2.21. The van der Waals surface area contributed by atoms with Crippen molar-refractivity contribution in [2.24, 2.45) is 0 Å². The first-order valence-corrected chi connectivity index (χ1v) is 8.31. The highest BCUT2D eigenvalue weighted by molar-refractivity contribution is 7.92. The van der Waals surface area contributed by atoms with E-state index in [2.05, 4.69) is 16.6 Å². The van der Waals surface area contributed by atoms with Gasteiger partial charge in [0.05, 0.1) is 18.5 Å². The zero-order valence-electron chi connectivity index (χ0n) is 12.5. The van der Waals surface area contributed by atoms with Crippen molar-refractivity contribution in [3.8, 4) is 11.8 Å². The van der Waals surface area contributed by atoms with Crippen molar-refractivity contribution >= 4 is 15.7 Å². The summed E-state index contributed by atoms with van der Waals surface area (Å²) in [7, 11) is -3.46. The Kier molecular flexibility index (Phi) is 6.69. The molecule has 0 saturated carbocycles. The molecule has 0 aliphatic heterocycles. The molecule has 0 heterocycles. The van der Waals surface area contributed by atoms with Crippen molar-refractivity contribution in [3.05, 3.63) is 29.3 Å². The second-order valence-electron chi connectivity index (χ2n) is 4.89. The van der Waals surface area contributed by atoms with Crippen LogP contribution in [-0.2, 0) is 14.8 Å². The molecule has 0 spiro atoms. The van der Waals surface area contributed by atoms with Crippen LogP contribution in [-0.4, -0.2) is 38.6 Å². The van der Waals surface area contributed by atoms with Gasteiger partial charge in [-0.05, 0) is 44.5 Å². The summed E-state index contributed by atoms with van der Waals surface area (Å²) in [4.78, 5) is 0. The van der Waals surface area contributed by atoms with E-state index in [0.29, 0.717) is 11.3 Å². The van der Waals surface area contributed by atoms with Crippen LogP contribution in [0.3, 0.4) is 0 Å². The van der Waals surface area contributed by atoms with Gasteiger partial charge in [-0.1, -0.05) is 11.8 Å². The largest absolute Gasteiger partial charge is 0.384 e. The first kappa shape index (κ1) is 17.5. The molecule has 5 nitrogen and oxygen atoms in total. The Balaban J connectivity index is 2.79. The normalized spacial score (nSPS) is 11.1. The van der Waals surface area contributed by atoms with Crippen molar-refractivity contribution in [2.45, 2.75) is 26.9 Å². The molecule has 0 aromatic heterocycles. The summed E-state index contributed by atoms with van der Waals surface area (Å²) >= 11 is 0. The number of sulfonamides is 1. The van der Waals surface area contributed by atoms with Gasteiger partial charge in [0, 0.05) is 11.3 Å². The van der Waals surface area contributed by atoms with Gasteiger partial charge in [0.2, 0.25) is 10.0 Å². The summed E-state index contributed by atoms with van der Waals surface area (Å²) < 4.78 is 31.7. The van der Waals surface area contributed by atoms with E-state index in [4.69, 9.17) is 9.84 Å². The molecule has 1 aromatic rings. The van der Waals surface area contributed by atoms with Crippen molar-refractivity contribution in [1.82, 2.24) is 0 Å². The lowest BCUT2D eigenvalue weighted by molar-refractivity contribution is 0.0913. The number of benzene rings is 1. The van der Waals surface area contributed by atoms with Gasteiger partial charge >= 0.3 is 0 Å². The maximum atomic E-state index is 12.0. The highest BCUT2D eigenvalue weighted by Crippen LogP contribution is 2.15. The Morgan fingerprint density at radius 1 is 1.33 bits per heavy atom. The highest BCUT2D eigenvalue weighted by atomic mass is 32.2. The summed E-state index contributed by atoms with van der Waals surface area (Å²) in [5.41, 5.74) is 2.00. The van der Waals surface area contributed by atoms with Gasteiger partial charge in [-0.15, -0.1) is 0 Å². The molecule has 1 aromatic carbocycles. The second kappa shape index (κ2) is 8.03. The fourth-order valence-electron chi connectivity index (χ4n) is 1.68. The molecule has 116 valence electrons. The molecule has 0 fully saturated rings. The monoisotopic (exact) mass is 311 g/mol. The number of rotatable bonds is 6. The fourth-order valence-corrected chi connectivity index (χ4v) is 2.57. The first-order chi connectivity index (χ1) is 9.82. The average molecular weight is 311 g/mol. The minimum absolute atomic E-state index is 0.000437. The molecule has 0 bridgehead atoms. The third-order valence-electron chi connectivity index (χ3n) is 2.47. The van der Waals surface area contributed by atoms with Crippen LogP contribution >= 0.6 is 0 Å². The zero-order valence-corrected chi connectivity index (χ0v) is 13.3. The number of anilines is 1. The van der Waals surface area contributed by atoms with E-state index in [9.17, 15) is 8.42 Å². The molecule has 0 aliphatic rings. The number of ether oxygens (including phenoxy) is 1. The molecule has 0 aliphatic carbocycles. The van der Waals surface area contributed by atoms with Gasteiger partial charge in [0.15, 0.2) is 0 Å². The van der Waals surface area contributed by atoms with Crippen LogP contribution in [0.1, 0.15) is 25.0 Å². The van der Waals surface area contributed by atoms with E-state index < -0.39 is 10.0 Å². The summed E-state index contributed by atoms with van der Waals surface area (Å²) in [6.07, 6.45) is -0.000437. The Labute approximate surface area is 126 Å².